The summed E-state index contributed by atoms with van der Waals surface area (Å²) in [6, 6.07) is 15.2. The van der Waals surface area contributed by atoms with Crippen LogP contribution in [0.4, 0.5) is 5.69 Å². The summed E-state index contributed by atoms with van der Waals surface area (Å²) in [5.74, 6) is 0.0985. The number of fused-ring (bicyclic) bond motifs is 1. The predicted molar refractivity (Wildman–Crippen MR) is 139 cm³/mol. The van der Waals surface area contributed by atoms with Gasteiger partial charge in [-0.05, 0) is 60.9 Å². The second-order valence-electron chi connectivity index (χ2n) is 7.94. The normalized spacial score (nSPS) is 11.0. The van der Waals surface area contributed by atoms with Crippen LogP contribution in [-0.4, -0.2) is 35.9 Å². The van der Waals surface area contributed by atoms with E-state index in [-0.39, 0.29) is 13.2 Å². The summed E-state index contributed by atoms with van der Waals surface area (Å²) < 4.78 is 12.8. The number of thiophene rings is 1. The minimum absolute atomic E-state index is 0.165. The third-order valence-electron chi connectivity index (χ3n) is 5.85. The lowest BCUT2D eigenvalue weighted by molar-refractivity contribution is -0.143. The van der Waals surface area contributed by atoms with Gasteiger partial charge in [-0.1, -0.05) is 18.2 Å². The van der Waals surface area contributed by atoms with Gasteiger partial charge in [-0.2, -0.15) is 0 Å². The van der Waals surface area contributed by atoms with Gasteiger partial charge >= 0.3 is 11.7 Å². The quantitative estimate of drug-likeness (QED) is 0.375. The first kappa shape index (κ1) is 24.3. The van der Waals surface area contributed by atoms with Gasteiger partial charge in [0, 0.05) is 17.6 Å². The number of nitrogens with one attached hydrogen (secondary N) is 1. The SMILES string of the molecule is CCOC(=O)Cn1c(=O)c2c(C)c(-c3ccc(OC)cc3)sc2n(Cc2ccccc2NC)c1=O. The van der Waals surface area contributed by atoms with Gasteiger partial charge in [0.05, 0.1) is 25.6 Å². The topological polar surface area (TPSA) is 91.6 Å². The molecule has 0 aliphatic heterocycles. The highest BCUT2D eigenvalue weighted by molar-refractivity contribution is 7.22. The summed E-state index contributed by atoms with van der Waals surface area (Å²) in [4.78, 5) is 40.8. The molecule has 0 aliphatic rings. The van der Waals surface area contributed by atoms with E-state index in [1.54, 1.807) is 18.6 Å². The Kier molecular flexibility index (Phi) is 7.07. The molecule has 1 N–H and O–H groups in total. The molecule has 0 radical (unpaired) electrons. The fourth-order valence-electron chi connectivity index (χ4n) is 4.10. The van der Waals surface area contributed by atoms with Crippen LogP contribution in [0.5, 0.6) is 5.75 Å². The molecule has 0 spiro atoms. The van der Waals surface area contributed by atoms with E-state index in [1.165, 1.54) is 11.3 Å². The molecular weight excluding hydrogens is 466 g/mol. The summed E-state index contributed by atoms with van der Waals surface area (Å²) in [7, 11) is 3.42. The number of hydrogen-bond donors (Lipinski definition) is 1. The summed E-state index contributed by atoms with van der Waals surface area (Å²) in [5.41, 5.74) is 2.38. The second kappa shape index (κ2) is 10.2. The maximum absolute atomic E-state index is 13.6. The first-order valence-electron chi connectivity index (χ1n) is 11.2. The average Bonchev–Trinajstić information content (AvgIpc) is 3.21. The van der Waals surface area contributed by atoms with Crippen molar-refractivity contribution in [2.24, 2.45) is 0 Å². The average molecular weight is 494 g/mol. The maximum atomic E-state index is 13.6. The van der Waals surface area contributed by atoms with Crippen molar-refractivity contribution in [3.05, 3.63) is 80.5 Å². The Labute approximate surface area is 206 Å². The van der Waals surface area contributed by atoms with E-state index in [2.05, 4.69) is 5.32 Å². The number of para-hydroxylation sites is 1. The lowest BCUT2D eigenvalue weighted by Crippen LogP contribution is -2.42. The summed E-state index contributed by atoms with van der Waals surface area (Å²) in [5, 5.41) is 3.57. The zero-order valence-corrected chi connectivity index (χ0v) is 20.9. The smallest absolute Gasteiger partial charge is 0.332 e. The lowest BCUT2D eigenvalue weighted by Gasteiger charge is -2.14. The zero-order valence-electron chi connectivity index (χ0n) is 20.1. The van der Waals surface area contributed by atoms with Crippen molar-refractivity contribution in [2.45, 2.75) is 26.9 Å². The van der Waals surface area contributed by atoms with Gasteiger partial charge in [0.25, 0.3) is 5.56 Å². The van der Waals surface area contributed by atoms with E-state index in [9.17, 15) is 14.4 Å². The van der Waals surface area contributed by atoms with Crippen molar-refractivity contribution in [1.82, 2.24) is 9.13 Å². The third kappa shape index (κ3) is 4.59. The van der Waals surface area contributed by atoms with Gasteiger partial charge in [-0.15, -0.1) is 11.3 Å². The number of methoxy groups -OCH3 is 1. The molecular formula is C26H27N3O5S. The highest BCUT2D eigenvalue weighted by Gasteiger charge is 2.22. The summed E-state index contributed by atoms with van der Waals surface area (Å²) >= 11 is 1.39. The van der Waals surface area contributed by atoms with Crippen LogP contribution in [0.1, 0.15) is 18.1 Å². The number of nitrogens with zero attached hydrogens (tertiary/aromatic N) is 2. The monoisotopic (exact) mass is 493 g/mol. The van der Waals surface area contributed by atoms with E-state index in [0.717, 1.165) is 37.6 Å². The number of anilines is 1. The number of rotatable bonds is 8. The Balaban J connectivity index is 1.98. The molecule has 0 saturated carbocycles. The third-order valence-corrected chi connectivity index (χ3v) is 7.22. The van der Waals surface area contributed by atoms with Crippen molar-refractivity contribution < 1.29 is 14.3 Å². The first-order valence-corrected chi connectivity index (χ1v) is 12.0. The number of carbonyl (C=O) groups is 1. The predicted octanol–water partition coefficient (Wildman–Crippen LogP) is 3.86. The summed E-state index contributed by atoms with van der Waals surface area (Å²) in [6.45, 7) is 3.50. The number of benzene rings is 2. The van der Waals surface area contributed by atoms with Crippen LogP contribution < -0.4 is 21.3 Å². The largest absolute Gasteiger partial charge is 0.497 e. The molecule has 0 atom stereocenters. The van der Waals surface area contributed by atoms with Gasteiger partial charge in [0.1, 0.15) is 17.1 Å². The number of carbonyl (C=O) groups excluding carboxylic acids is 1. The van der Waals surface area contributed by atoms with Crippen LogP contribution in [-0.2, 0) is 22.6 Å². The van der Waals surface area contributed by atoms with Crippen LogP contribution in [0.15, 0.2) is 58.1 Å². The number of esters is 1. The van der Waals surface area contributed by atoms with Crippen LogP contribution in [0, 0.1) is 6.92 Å². The highest BCUT2D eigenvalue weighted by atomic mass is 32.1. The molecule has 2 heterocycles. The molecule has 0 unspecified atom stereocenters. The van der Waals surface area contributed by atoms with E-state index in [1.807, 2.05) is 62.5 Å². The van der Waals surface area contributed by atoms with Gasteiger partial charge in [-0.25, -0.2) is 9.36 Å². The van der Waals surface area contributed by atoms with E-state index >= 15 is 0 Å². The number of aromatic nitrogens is 2. The Bertz CT molecular complexity index is 1500. The molecule has 8 nitrogen and oxygen atoms in total. The number of hydrogen-bond acceptors (Lipinski definition) is 7. The van der Waals surface area contributed by atoms with Gasteiger partial charge in [-0.3, -0.25) is 14.2 Å². The molecule has 182 valence electrons. The molecule has 0 amide bonds. The molecule has 2 aromatic heterocycles. The molecule has 0 aliphatic carbocycles. The second-order valence-corrected chi connectivity index (χ2v) is 8.94. The Morgan fingerprint density at radius 2 is 1.77 bits per heavy atom. The van der Waals surface area contributed by atoms with Crippen molar-refractivity contribution in [2.75, 3.05) is 26.1 Å². The van der Waals surface area contributed by atoms with Crippen molar-refractivity contribution in [3.8, 4) is 16.2 Å². The van der Waals surface area contributed by atoms with Crippen LogP contribution >= 0.6 is 11.3 Å². The van der Waals surface area contributed by atoms with Crippen molar-refractivity contribution >= 4 is 33.2 Å². The van der Waals surface area contributed by atoms with Gasteiger partial charge in [0.2, 0.25) is 0 Å². The number of ether oxygens (including phenoxy) is 2. The highest BCUT2D eigenvalue weighted by Crippen LogP contribution is 2.37. The maximum Gasteiger partial charge on any atom is 0.332 e. The Morgan fingerprint density at radius 3 is 2.43 bits per heavy atom. The van der Waals surface area contributed by atoms with E-state index in [4.69, 9.17) is 9.47 Å². The van der Waals surface area contributed by atoms with Crippen LogP contribution in [0.25, 0.3) is 20.7 Å². The molecule has 0 saturated heterocycles. The van der Waals surface area contributed by atoms with E-state index in [0.29, 0.717) is 10.2 Å². The van der Waals surface area contributed by atoms with Crippen molar-refractivity contribution in [3.63, 3.8) is 0 Å². The molecule has 0 bridgehead atoms. The zero-order chi connectivity index (χ0) is 25.1. The number of aryl methyl sites for hydroxylation is 1. The standard InChI is InChI=1S/C26H27N3O5S/c1-5-34-21(30)15-28-24(31)22-16(2)23(17-10-12-19(33-4)13-11-17)35-25(22)29(26(28)32)14-18-8-6-7-9-20(18)27-3/h6-13,27H,5,14-15H2,1-4H3. The molecule has 9 heteroatoms. The van der Waals surface area contributed by atoms with Crippen LogP contribution in [0.3, 0.4) is 0 Å². The molecule has 2 aromatic carbocycles. The van der Waals surface area contributed by atoms with Crippen LogP contribution in [0.2, 0.25) is 0 Å². The lowest BCUT2D eigenvalue weighted by atomic mass is 10.1. The van der Waals surface area contributed by atoms with Crippen molar-refractivity contribution in [1.29, 1.82) is 0 Å². The Hall–Kier alpha value is -3.85. The Morgan fingerprint density at radius 1 is 1.06 bits per heavy atom. The molecule has 4 rings (SSSR count). The summed E-state index contributed by atoms with van der Waals surface area (Å²) in [6.07, 6.45) is 0. The first-order chi connectivity index (χ1) is 16.9. The fourth-order valence-corrected chi connectivity index (χ4v) is 5.40. The van der Waals surface area contributed by atoms with Gasteiger partial charge < -0.3 is 14.8 Å². The molecule has 0 fully saturated rings. The molecule has 35 heavy (non-hydrogen) atoms. The minimum atomic E-state index is -0.628. The van der Waals surface area contributed by atoms with Gasteiger partial charge in [0.15, 0.2) is 0 Å². The molecule has 4 aromatic rings. The minimum Gasteiger partial charge on any atom is -0.497 e. The fraction of sp³-hybridized carbons (Fsp3) is 0.269. The van der Waals surface area contributed by atoms with E-state index < -0.39 is 23.8 Å².